The van der Waals surface area contributed by atoms with Crippen molar-refractivity contribution in [2.45, 2.75) is 6.42 Å². The van der Waals surface area contributed by atoms with Crippen LogP contribution >= 0.6 is 0 Å². The van der Waals surface area contributed by atoms with Gasteiger partial charge in [0.2, 0.25) is 5.91 Å². The number of nitrogen functional groups attached to an aromatic ring is 1. The Labute approximate surface area is 114 Å². The van der Waals surface area contributed by atoms with E-state index in [1.165, 1.54) is 0 Å². The van der Waals surface area contributed by atoms with Crippen molar-refractivity contribution < 1.29 is 9.53 Å². The summed E-state index contributed by atoms with van der Waals surface area (Å²) in [6.07, 6.45) is 0.391. The SMILES string of the molecule is COCCN(C)CCNC(=O)Cc1ccc(N)cc1. The molecule has 1 aromatic carbocycles. The van der Waals surface area contributed by atoms with Crippen LogP contribution in [0.4, 0.5) is 5.69 Å². The number of methoxy groups -OCH3 is 1. The molecule has 1 rings (SSSR count). The van der Waals surface area contributed by atoms with Crippen LogP contribution in [0.3, 0.4) is 0 Å². The molecule has 0 atom stereocenters. The molecule has 0 fully saturated rings. The number of benzene rings is 1. The molecule has 5 heteroatoms. The van der Waals surface area contributed by atoms with E-state index in [4.69, 9.17) is 10.5 Å². The van der Waals surface area contributed by atoms with Crippen LogP contribution in [0.25, 0.3) is 0 Å². The minimum atomic E-state index is 0.0323. The number of hydrogen-bond acceptors (Lipinski definition) is 4. The Morgan fingerprint density at radius 1 is 1.32 bits per heavy atom. The summed E-state index contributed by atoms with van der Waals surface area (Å²) in [7, 11) is 3.69. The highest BCUT2D eigenvalue weighted by Crippen LogP contribution is 2.05. The molecule has 0 aliphatic carbocycles. The first-order valence-corrected chi connectivity index (χ1v) is 6.40. The minimum Gasteiger partial charge on any atom is -0.399 e. The van der Waals surface area contributed by atoms with Crippen LogP contribution in [-0.4, -0.2) is 51.2 Å². The fourth-order valence-electron chi connectivity index (χ4n) is 1.63. The number of anilines is 1. The summed E-state index contributed by atoms with van der Waals surface area (Å²) < 4.78 is 4.99. The number of rotatable bonds is 8. The molecule has 3 N–H and O–H groups in total. The van der Waals surface area contributed by atoms with Gasteiger partial charge in [-0.05, 0) is 24.7 Å². The maximum Gasteiger partial charge on any atom is 0.224 e. The van der Waals surface area contributed by atoms with E-state index in [0.717, 1.165) is 18.7 Å². The summed E-state index contributed by atoms with van der Waals surface area (Å²) in [5.74, 6) is 0.0323. The van der Waals surface area contributed by atoms with Gasteiger partial charge in [-0.1, -0.05) is 12.1 Å². The number of hydrogen-bond donors (Lipinski definition) is 2. The summed E-state index contributed by atoms with van der Waals surface area (Å²) in [5, 5.41) is 2.90. The summed E-state index contributed by atoms with van der Waals surface area (Å²) in [5.41, 5.74) is 7.28. The summed E-state index contributed by atoms with van der Waals surface area (Å²) in [6.45, 7) is 3.03. The molecular weight excluding hydrogens is 242 g/mol. The Morgan fingerprint density at radius 3 is 2.63 bits per heavy atom. The van der Waals surface area contributed by atoms with Crippen molar-refractivity contribution >= 4 is 11.6 Å². The van der Waals surface area contributed by atoms with Crippen molar-refractivity contribution in [1.29, 1.82) is 0 Å². The average molecular weight is 265 g/mol. The number of nitrogens with zero attached hydrogens (tertiary/aromatic N) is 1. The molecule has 106 valence electrons. The Balaban J connectivity index is 2.19. The predicted octanol–water partition coefficient (Wildman–Crippen LogP) is 0.506. The molecule has 0 aromatic heterocycles. The molecule has 0 saturated heterocycles. The number of likely N-dealkylation sites (N-methyl/N-ethyl adjacent to an activating group) is 1. The molecule has 0 saturated carbocycles. The second-order valence-corrected chi connectivity index (χ2v) is 4.56. The van der Waals surface area contributed by atoms with Crippen LogP contribution in [0.2, 0.25) is 0 Å². The molecular formula is C14H23N3O2. The fourth-order valence-corrected chi connectivity index (χ4v) is 1.63. The van der Waals surface area contributed by atoms with Crippen molar-refractivity contribution in [1.82, 2.24) is 10.2 Å². The molecule has 5 nitrogen and oxygen atoms in total. The molecule has 19 heavy (non-hydrogen) atoms. The molecule has 1 amide bonds. The van der Waals surface area contributed by atoms with Crippen LogP contribution in [0.5, 0.6) is 0 Å². The van der Waals surface area contributed by atoms with E-state index in [-0.39, 0.29) is 5.91 Å². The molecule has 0 unspecified atom stereocenters. The van der Waals surface area contributed by atoms with Crippen LogP contribution in [0.15, 0.2) is 24.3 Å². The average Bonchev–Trinajstić information content (AvgIpc) is 2.39. The lowest BCUT2D eigenvalue weighted by atomic mass is 10.1. The second kappa shape index (κ2) is 8.50. The molecule has 0 heterocycles. The topological polar surface area (TPSA) is 67.6 Å². The maximum atomic E-state index is 11.7. The monoisotopic (exact) mass is 265 g/mol. The number of ether oxygens (including phenoxy) is 1. The first-order chi connectivity index (χ1) is 9.11. The number of carbonyl (C=O) groups excluding carboxylic acids is 1. The lowest BCUT2D eigenvalue weighted by molar-refractivity contribution is -0.120. The first kappa shape index (κ1) is 15.5. The second-order valence-electron chi connectivity index (χ2n) is 4.56. The van der Waals surface area contributed by atoms with Crippen LogP contribution in [0.1, 0.15) is 5.56 Å². The van der Waals surface area contributed by atoms with E-state index >= 15 is 0 Å². The van der Waals surface area contributed by atoms with Crippen molar-refractivity contribution in [3.8, 4) is 0 Å². The molecule has 0 aliphatic rings. The Hall–Kier alpha value is -1.59. The van der Waals surface area contributed by atoms with Crippen molar-refractivity contribution in [2.75, 3.05) is 46.1 Å². The lowest BCUT2D eigenvalue weighted by Gasteiger charge is -2.16. The Bertz CT molecular complexity index is 379. The zero-order chi connectivity index (χ0) is 14.1. The van der Waals surface area contributed by atoms with E-state index in [1.807, 2.05) is 19.2 Å². The molecule has 0 spiro atoms. The standard InChI is InChI=1S/C14H23N3O2/c1-17(9-10-19-2)8-7-16-14(18)11-12-3-5-13(15)6-4-12/h3-6H,7-11,15H2,1-2H3,(H,16,18). The highest BCUT2D eigenvalue weighted by molar-refractivity contribution is 5.78. The van der Waals surface area contributed by atoms with Crippen LogP contribution in [0, 0.1) is 0 Å². The van der Waals surface area contributed by atoms with Gasteiger partial charge >= 0.3 is 0 Å². The lowest BCUT2D eigenvalue weighted by Crippen LogP contribution is -2.35. The number of nitrogens with one attached hydrogen (secondary N) is 1. The third kappa shape index (κ3) is 6.79. The van der Waals surface area contributed by atoms with E-state index in [2.05, 4.69) is 10.2 Å². The van der Waals surface area contributed by atoms with Crippen molar-refractivity contribution in [2.24, 2.45) is 0 Å². The van der Waals surface area contributed by atoms with Crippen molar-refractivity contribution in [3.63, 3.8) is 0 Å². The number of nitrogens with two attached hydrogens (primary N) is 1. The molecule has 0 radical (unpaired) electrons. The first-order valence-electron chi connectivity index (χ1n) is 6.40. The Kier molecular flexibility index (Phi) is 6.92. The fraction of sp³-hybridized carbons (Fsp3) is 0.500. The third-order valence-corrected chi connectivity index (χ3v) is 2.84. The van der Waals surface area contributed by atoms with Gasteiger partial charge in [-0.3, -0.25) is 4.79 Å². The van der Waals surface area contributed by atoms with E-state index in [1.54, 1.807) is 19.2 Å². The Morgan fingerprint density at radius 2 is 2.00 bits per heavy atom. The van der Waals surface area contributed by atoms with Crippen LogP contribution in [-0.2, 0) is 16.0 Å². The van der Waals surface area contributed by atoms with E-state index < -0.39 is 0 Å². The van der Waals surface area contributed by atoms with Gasteiger partial charge in [0.1, 0.15) is 0 Å². The largest absolute Gasteiger partial charge is 0.399 e. The predicted molar refractivity (Wildman–Crippen MR) is 76.9 cm³/mol. The number of amides is 1. The van der Waals surface area contributed by atoms with Gasteiger partial charge in [-0.15, -0.1) is 0 Å². The van der Waals surface area contributed by atoms with Gasteiger partial charge in [0.05, 0.1) is 13.0 Å². The molecule has 0 bridgehead atoms. The summed E-state index contributed by atoms with van der Waals surface area (Å²) >= 11 is 0. The van der Waals surface area contributed by atoms with Gasteiger partial charge < -0.3 is 20.7 Å². The summed E-state index contributed by atoms with van der Waals surface area (Å²) in [4.78, 5) is 13.8. The van der Waals surface area contributed by atoms with Gasteiger partial charge in [0.25, 0.3) is 0 Å². The van der Waals surface area contributed by atoms with E-state index in [0.29, 0.717) is 25.3 Å². The highest BCUT2D eigenvalue weighted by Gasteiger charge is 2.03. The van der Waals surface area contributed by atoms with Gasteiger partial charge in [0, 0.05) is 32.4 Å². The van der Waals surface area contributed by atoms with Crippen LogP contribution < -0.4 is 11.1 Å². The quantitative estimate of drug-likeness (QED) is 0.672. The normalized spacial score (nSPS) is 10.7. The zero-order valence-electron chi connectivity index (χ0n) is 11.7. The number of carbonyl (C=O) groups is 1. The van der Waals surface area contributed by atoms with Gasteiger partial charge in [0.15, 0.2) is 0 Å². The zero-order valence-corrected chi connectivity index (χ0v) is 11.7. The summed E-state index contributed by atoms with van der Waals surface area (Å²) in [6, 6.07) is 7.36. The maximum absolute atomic E-state index is 11.7. The molecule has 1 aromatic rings. The van der Waals surface area contributed by atoms with Crippen molar-refractivity contribution in [3.05, 3.63) is 29.8 Å². The molecule has 0 aliphatic heterocycles. The highest BCUT2D eigenvalue weighted by atomic mass is 16.5. The minimum absolute atomic E-state index is 0.0323. The van der Waals surface area contributed by atoms with Gasteiger partial charge in [-0.25, -0.2) is 0 Å². The third-order valence-electron chi connectivity index (χ3n) is 2.84. The van der Waals surface area contributed by atoms with E-state index in [9.17, 15) is 4.79 Å². The smallest absolute Gasteiger partial charge is 0.224 e. The van der Waals surface area contributed by atoms with Gasteiger partial charge in [-0.2, -0.15) is 0 Å².